The normalized spacial score (nSPS) is 12.8. The van der Waals surface area contributed by atoms with E-state index in [2.05, 4.69) is 6.07 Å². The highest BCUT2D eigenvalue weighted by molar-refractivity contribution is 7.91. The maximum Gasteiger partial charge on any atom is 0.150 e. The fraction of sp³-hybridized carbons (Fsp3) is 0.909. The highest BCUT2D eigenvalue weighted by Gasteiger charge is 2.21. The molecule has 0 aliphatic carbocycles. The summed E-state index contributed by atoms with van der Waals surface area (Å²) >= 11 is 0. The minimum atomic E-state index is -2.97. The van der Waals surface area contributed by atoms with Crippen molar-refractivity contribution in [2.75, 3.05) is 11.5 Å². The van der Waals surface area contributed by atoms with Crippen LogP contribution in [-0.4, -0.2) is 19.9 Å². The molecule has 0 unspecified atom stereocenters. The molecule has 0 rings (SSSR count). The molecular weight excluding hydrogens is 210 g/mol. The van der Waals surface area contributed by atoms with E-state index in [0.29, 0.717) is 18.8 Å². The van der Waals surface area contributed by atoms with E-state index in [1.165, 1.54) is 0 Å². The van der Waals surface area contributed by atoms with E-state index in [1.54, 1.807) is 13.8 Å². The monoisotopic (exact) mass is 231 g/mol. The van der Waals surface area contributed by atoms with E-state index in [1.807, 2.05) is 13.8 Å². The third-order valence-electron chi connectivity index (χ3n) is 2.35. The third-order valence-corrected chi connectivity index (χ3v) is 4.03. The molecule has 0 heterocycles. The first-order valence-corrected chi connectivity index (χ1v) is 7.12. The van der Waals surface area contributed by atoms with Crippen LogP contribution in [0.15, 0.2) is 0 Å². The predicted molar refractivity (Wildman–Crippen MR) is 62.1 cm³/mol. The fourth-order valence-electron chi connectivity index (χ4n) is 0.984. The zero-order chi connectivity index (χ0) is 12.1. The summed E-state index contributed by atoms with van der Waals surface area (Å²) in [5.41, 5.74) is -0.537. The lowest BCUT2D eigenvalue weighted by atomic mass is 9.93. The Morgan fingerprint density at radius 2 is 1.80 bits per heavy atom. The van der Waals surface area contributed by atoms with Gasteiger partial charge in [-0.25, -0.2) is 8.42 Å². The molecule has 0 saturated heterocycles. The Kier molecular flexibility index (Phi) is 5.30. The second-order valence-corrected chi connectivity index (χ2v) is 7.38. The molecule has 15 heavy (non-hydrogen) atoms. The van der Waals surface area contributed by atoms with Gasteiger partial charge in [0.05, 0.1) is 23.0 Å². The van der Waals surface area contributed by atoms with E-state index >= 15 is 0 Å². The van der Waals surface area contributed by atoms with Gasteiger partial charge >= 0.3 is 0 Å². The SMILES string of the molecule is CC(C)CCS(=O)(=O)CCC(C)(C)C#N. The van der Waals surface area contributed by atoms with Crippen LogP contribution in [0.25, 0.3) is 0 Å². The molecular formula is C11H21NO2S. The van der Waals surface area contributed by atoms with E-state index in [9.17, 15) is 8.42 Å². The Hall–Kier alpha value is -0.560. The lowest BCUT2D eigenvalue weighted by Gasteiger charge is -2.14. The van der Waals surface area contributed by atoms with Crippen LogP contribution in [0.3, 0.4) is 0 Å². The lowest BCUT2D eigenvalue weighted by molar-refractivity contribution is 0.472. The van der Waals surface area contributed by atoms with Crippen LogP contribution in [0.2, 0.25) is 0 Å². The summed E-state index contributed by atoms with van der Waals surface area (Å²) in [4.78, 5) is 0. The first-order chi connectivity index (χ1) is 6.68. The molecule has 0 aliphatic rings. The number of hydrogen-bond acceptors (Lipinski definition) is 3. The Morgan fingerprint density at radius 3 is 2.20 bits per heavy atom. The maximum atomic E-state index is 11.6. The van der Waals surface area contributed by atoms with E-state index in [0.717, 1.165) is 0 Å². The van der Waals surface area contributed by atoms with Gasteiger partial charge in [-0.05, 0) is 32.6 Å². The molecule has 0 amide bonds. The summed E-state index contributed by atoms with van der Waals surface area (Å²) in [6.07, 6.45) is 1.12. The van der Waals surface area contributed by atoms with Gasteiger partial charge in [0.25, 0.3) is 0 Å². The van der Waals surface area contributed by atoms with Gasteiger partial charge in [0, 0.05) is 0 Å². The van der Waals surface area contributed by atoms with Gasteiger partial charge in [0.1, 0.15) is 9.84 Å². The summed E-state index contributed by atoms with van der Waals surface area (Å²) in [6.45, 7) is 7.55. The zero-order valence-corrected chi connectivity index (χ0v) is 10.9. The summed E-state index contributed by atoms with van der Waals surface area (Å²) in [6, 6.07) is 2.11. The fourth-order valence-corrected chi connectivity index (χ4v) is 2.84. The molecule has 0 radical (unpaired) electrons. The molecule has 0 bridgehead atoms. The highest BCUT2D eigenvalue weighted by Crippen LogP contribution is 2.20. The van der Waals surface area contributed by atoms with Gasteiger partial charge in [0.15, 0.2) is 0 Å². The van der Waals surface area contributed by atoms with Crippen LogP contribution in [0, 0.1) is 22.7 Å². The molecule has 0 aromatic rings. The summed E-state index contributed by atoms with van der Waals surface area (Å²) in [7, 11) is -2.97. The average molecular weight is 231 g/mol. The minimum Gasteiger partial charge on any atom is -0.229 e. The standard InChI is InChI=1S/C11H21NO2S/c1-10(2)5-7-15(13,14)8-6-11(3,4)9-12/h10H,5-8H2,1-4H3. The topological polar surface area (TPSA) is 57.9 Å². The second-order valence-electron chi connectivity index (χ2n) is 5.08. The summed E-state index contributed by atoms with van der Waals surface area (Å²) in [5, 5.41) is 8.76. The quantitative estimate of drug-likeness (QED) is 0.705. The van der Waals surface area contributed by atoms with Crippen LogP contribution < -0.4 is 0 Å². The molecule has 0 aromatic heterocycles. The first kappa shape index (κ1) is 14.4. The van der Waals surface area contributed by atoms with Crippen LogP contribution in [0.5, 0.6) is 0 Å². The molecule has 0 N–H and O–H groups in total. The molecule has 0 saturated carbocycles. The van der Waals surface area contributed by atoms with E-state index < -0.39 is 15.3 Å². The van der Waals surface area contributed by atoms with Gasteiger partial charge in [-0.3, -0.25) is 0 Å². The van der Waals surface area contributed by atoms with Crippen LogP contribution in [0.4, 0.5) is 0 Å². The van der Waals surface area contributed by atoms with Crippen molar-refractivity contribution in [1.82, 2.24) is 0 Å². The number of nitrogens with zero attached hydrogens (tertiary/aromatic N) is 1. The van der Waals surface area contributed by atoms with Crippen molar-refractivity contribution in [1.29, 1.82) is 5.26 Å². The average Bonchev–Trinajstić information content (AvgIpc) is 2.13. The Morgan fingerprint density at radius 1 is 1.27 bits per heavy atom. The molecule has 3 nitrogen and oxygen atoms in total. The van der Waals surface area contributed by atoms with Gasteiger partial charge < -0.3 is 0 Å². The molecule has 4 heteroatoms. The first-order valence-electron chi connectivity index (χ1n) is 5.30. The molecule has 0 aromatic carbocycles. The summed E-state index contributed by atoms with van der Waals surface area (Å²) in [5.74, 6) is 0.774. The van der Waals surface area contributed by atoms with Gasteiger partial charge in [-0.15, -0.1) is 0 Å². The smallest absolute Gasteiger partial charge is 0.150 e. The maximum absolute atomic E-state index is 11.6. The minimum absolute atomic E-state index is 0.125. The van der Waals surface area contributed by atoms with Crippen molar-refractivity contribution in [3.8, 4) is 6.07 Å². The molecule has 0 spiro atoms. The number of sulfone groups is 1. The zero-order valence-electron chi connectivity index (χ0n) is 10.1. The highest BCUT2D eigenvalue weighted by atomic mass is 32.2. The predicted octanol–water partition coefficient (Wildman–Crippen LogP) is 2.39. The molecule has 0 fully saturated rings. The lowest BCUT2D eigenvalue weighted by Crippen LogP contribution is -2.19. The van der Waals surface area contributed by atoms with Crippen molar-refractivity contribution in [2.45, 2.75) is 40.5 Å². The van der Waals surface area contributed by atoms with E-state index in [4.69, 9.17) is 5.26 Å². The molecule has 0 aliphatic heterocycles. The van der Waals surface area contributed by atoms with Crippen molar-refractivity contribution < 1.29 is 8.42 Å². The van der Waals surface area contributed by atoms with Crippen molar-refractivity contribution in [2.24, 2.45) is 11.3 Å². The Balaban J connectivity index is 4.13. The second kappa shape index (κ2) is 5.50. The van der Waals surface area contributed by atoms with Gasteiger partial charge in [0.2, 0.25) is 0 Å². The Bertz CT molecular complexity index is 323. The van der Waals surface area contributed by atoms with Crippen LogP contribution >= 0.6 is 0 Å². The summed E-state index contributed by atoms with van der Waals surface area (Å²) < 4.78 is 23.2. The van der Waals surface area contributed by atoms with Gasteiger partial charge in [-0.2, -0.15) is 5.26 Å². The van der Waals surface area contributed by atoms with Crippen molar-refractivity contribution in [3.05, 3.63) is 0 Å². The van der Waals surface area contributed by atoms with Gasteiger partial charge in [-0.1, -0.05) is 13.8 Å². The van der Waals surface area contributed by atoms with Crippen LogP contribution in [-0.2, 0) is 9.84 Å². The number of rotatable bonds is 6. The van der Waals surface area contributed by atoms with Crippen LogP contribution in [0.1, 0.15) is 40.5 Å². The molecule has 0 atom stereocenters. The number of nitriles is 1. The third kappa shape index (κ3) is 7.38. The van der Waals surface area contributed by atoms with Crippen molar-refractivity contribution >= 4 is 9.84 Å². The molecule has 88 valence electrons. The van der Waals surface area contributed by atoms with Crippen molar-refractivity contribution in [3.63, 3.8) is 0 Å². The Labute approximate surface area is 93.4 Å². The van der Waals surface area contributed by atoms with E-state index in [-0.39, 0.29) is 11.5 Å². The number of hydrogen-bond donors (Lipinski definition) is 0. The largest absolute Gasteiger partial charge is 0.229 e.